The first-order valence-corrected chi connectivity index (χ1v) is 5.25. The van der Waals surface area contributed by atoms with Gasteiger partial charge in [-0.3, -0.25) is 0 Å². The van der Waals surface area contributed by atoms with Crippen LogP contribution in [0.2, 0.25) is 5.02 Å². The fourth-order valence-electron chi connectivity index (χ4n) is 1.88. The SMILES string of the molecule is Nc1ncnc(N2CCCC2CO)c1Cl. The third kappa shape index (κ3) is 1.85. The van der Waals surface area contributed by atoms with Crippen LogP contribution in [0, 0.1) is 0 Å². The van der Waals surface area contributed by atoms with Crippen molar-refractivity contribution in [3.8, 4) is 0 Å². The van der Waals surface area contributed by atoms with Crippen LogP contribution in [-0.4, -0.2) is 34.3 Å². The lowest BCUT2D eigenvalue weighted by molar-refractivity contribution is 0.266. The van der Waals surface area contributed by atoms with Crippen LogP contribution in [0.25, 0.3) is 0 Å². The molecule has 0 amide bonds. The van der Waals surface area contributed by atoms with E-state index >= 15 is 0 Å². The molecule has 0 radical (unpaired) electrons. The maximum absolute atomic E-state index is 9.20. The summed E-state index contributed by atoms with van der Waals surface area (Å²) in [6.07, 6.45) is 3.38. The maximum atomic E-state index is 9.20. The fraction of sp³-hybridized carbons (Fsp3) is 0.556. The topological polar surface area (TPSA) is 75.3 Å². The van der Waals surface area contributed by atoms with Crippen molar-refractivity contribution in [1.82, 2.24) is 9.97 Å². The van der Waals surface area contributed by atoms with E-state index < -0.39 is 0 Å². The summed E-state index contributed by atoms with van der Waals surface area (Å²) in [5.41, 5.74) is 5.60. The Balaban J connectivity index is 2.32. The number of nitrogens with two attached hydrogens (primary N) is 1. The van der Waals surface area contributed by atoms with Crippen LogP contribution >= 0.6 is 11.6 Å². The van der Waals surface area contributed by atoms with Crippen LogP contribution in [0.4, 0.5) is 11.6 Å². The highest BCUT2D eigenvalue weighted by Crippen LogP contribution is 2.31. The molecule has 82 valence electrons. The van der Waals surface area contributed by atoms with Gasteiger partial charge < -0.3 is 15.7 Å². The maximum Gasteiger partial charge on any atom is 0.153 e. The minimum absolute atomic E-state index is 0.0943. The number of nitrogens with zero attached hydrogens (tertiary/aromatic N) is 3. The fourth-order valence-corrected chi connectivity index (χ4v) is 2.08. The van der Waals surface area contributed by atoms with E-state index in [-0.39, 0.29) is 18.5 Å². The predicted octanol–water partition coefficient (Wildman–Crippen LogP) is 0.673. The highest BCUT2D eigenvalue weighted by molar-refractivity contribution is 6.35. The van der Waals surface area contributed by atoms with Crippen molar-refractivity contribution in [2.24, 2.45) is 0 Å². The summed E-state index contributed by atoms with van der Waals surface area (Å²) in [6, 6.07) is 0.0943. The number of rotatable bonds is 2. The molecule has 1 atom stereocenters. The van der Waals surface area contributed by atoms with Crippen molar-refractivity contribution in [2.45, 2.75) is 18.9 Å². The van der Waals surface area contributed by atoms with Crippen LogP contribution in [0.3, 0.4) is 0 Å². The third-order valence-electron chi connectivity index (χ3n) is 2.66. The van der Waals surface area contributed by atoms with Crippen LogP contribution in [0.5, 0.6) is 0 Å². The first kappa shape index (κ1) is 10.4. The van der Waals surface area contributed by atoms with Gasteiger partial charge in [0.15, 0.2) is 5.82 Å². The largest absolute Gasteiger partial charge is 0.394 e. The predicted molar refractivity (Wildman–Crippen MR) is 58.9 cm³/mol. The van der Waals surface area contributed by atoms with Gasteiger partial charge in [-0.2, -0.15) is 0 Å². The van der Waals surface area contributed by atoms with Crippen molar-refractivity contribution in [3.63, 3.8) is 0 Å². The Morgan fingerprint density at radius 2 is 2.40 bits per heavy atom. The molecule has 3 N–H and O–H groups in total. The van der Waals surface area contributed by atoms with E-state index in [4.69, 9.17) is 17.3 Å². The Kier molecular flexibility index (Phi) is 2.93. The molecule has 0 saturated carbocycles. The molecule has 0 spiro atoms. The third-order valence-corrected chi connectivity index (χ3v) is 3.02. The molecule has 6 heteroatoms. The Bertz CT molecular complexity index is 360. The van der Waals surface area contributed by atoms with Gasteiger partial charge in [-0.15, -0.1) is 0 Å². The summed E-state index contributed by atoms with van der Waals surface area (Å²) >= 11 is 6.02. The first-order valence-electron chi connectivity index (χ1n) is 4.87. The minimum atomic E-state index is 0.0943. The van der Waals surface area contributed by atoms with Gasteiger partial charge in [-0.1, -0.05) is 11.6 Å². The normalized spacial score (nSPS) is 20.9. The molecule has 0 aromatic carbocycles. The molecular weight excluding hydrogens is 216 g/mol. The molecule has 1 aliphatic rings. The van der Waals surface area contributed by atoms with E-state index in [1.54, 1.807) is 0 Å². The number of aliphatic hydroxyl groups is 1. The van der Waals surface area contributed by atoms with Crippen LogP contribution in [0.1, 0.15) is 12.8 Å². The van der Waals surface area contributed by atoms with E-state index in [2.05, 4.69) is 9.97 Å². The van der Waals surface area contributed by atoms with E-state index in [1.165, 1.54) is 6.33 Å². The summed E-state index contributed by atoms with van der Waals surface area (Å²) in [4.78, 5) is 9.90. The lowest BCUT2D eigenvalue weighted by Crippen LogP contribution is -2.33. The molecule has 1 aromatic rings. The van der Waals surface area contributed by atoms with E-state index in [9.17, 15) is 5.11 Å². The number of hydrogen-bond acceptors (Lipinski definition) is 5. The number of nitrogen functional groups attached to an aromatic ring is 1. The number of hydrogen-bond donors (Lipinski definition) is 2. The van der Waals surface area contributed by atoms with Crippen molar-refractivity contribution >= 4 is 23.2 Å². The smallest absolute Gasteiger partial charge is 0.153 e. The minimum Gasteiger partial charge on any atom is -0.394 e. The molecule has 1 fully saturated rings. The van der Waals surface area contributed by atoms with Crippen LogP contribution < -0.4 is 10.6 Å². The van der Waals surface area contributed by atoms with Gasteiger partial charge in [0.2, 0.25) is 0 Å². The Morgan fingerprint density at radius 1 is 1.60 bits per heavy atom. The van der Waals surface area contributed by atoms with E-state index in [0.717, 1.165) is 19.4 Å². The summed E-state index contributed by atoms with van der Waals surface area (Å²) in [5.74, 6) is 0.908. The lowest BCUT2D eigenvalue weighted by Gasteiger charge is -2.24. The monoisotopic (exact) mass is 228 g/mol. The van der Waals surface area contributed by atoms with Crippen LogP contribution in [0.15, 0.2) is 6.33 Å². The van der Waals surface area contributed by atoms with Crippen molar-refractivity contribution < 1.29 is 5.11 Å². The van der Waals surface area contributed by atoms with Gasteiger partial charge in [-0.05, 0) is 12.8 Å². The molecule has 2 heterocycles. The average molecular weight is 229 g/mol. The molecule has 1 unspecified atom stereocenters. The molecule has 15 heavy (non-hydrogen) atoms. The lowest BCUT2D eigenvalue weighted by atomic mass is 10.2. The second kappa shape index (κ2) is 4.20. The Morgan fingerprint density at radius 3 is 3.13 bits per heavy atom. The number of aromatic nitrogens is 2. The zero-order valence-electron chi connectivity index (χ0n) is 8.23. The molecular formula is C9H13ClN4O. The van der Waals surface area contributed by atoms with Gasteiger partial charge in [0.05, 0.1) is 12.6 Å². The van der Waals surface area contributed by atoms with E-state index in [1.807, 2.05) is 4.90 Å². The van der Waals surface area contributed by atoms with Gasteiger partial charge >= 0.3 is 0 Å². The first-order chi connectivity index (χ1) is 7.24. The highest BCUT2D eigenvalue weighted by atomic mass is 35.5. The molecule has 2 rings (SSSR count). The van der Waals surface area contributed by atoms with Gasteiger partial charge in [-0.25, -0.2) is 9.97 Å². The molecule has 0 aliphatic carbocycles. The highest BCUT2D eigenvalue weighted by Gasteiger charge is 2.27. The van der Waals surface area contributed by atoms with Crippen molar-refractivity contribution in [1.29, 1.82) is 0 Å². The molecule has 1 aliphatic heterocycles. The van der Waals surface area contributed by atoms with Crippen molar-refractivity contribution in [3.05, 3.63) is 11.3 Å². The summed E-state index contributed by atoms with van der Waals surface area (Å²) in [5, 5.41) is 9.57. The Labute approximate surface area is 92.9 Å². The standard InChI is InChI=1S/C9H13ClN4O/c10-7-8(11)12-5-13-9(7)14-3-1-2-6(14)4-15/h5-6,15H,1-4H2,(H2,11,12,13). The zero-order valence-corrected chi connectivity index (χ0v) is 8.98. The summed E-state index contributed by atoms with van der Waals surface area (Å²) in [6.45, 7) is 0.960. The van der Waals surface area contributed by atoms with Gasteiger partial charge in [0.25, 0.3) is 0 Å². The molecule has 0 bridgehead atoms. The number of anilines is 2. The summed E-state index contributed by atoms with van der Waals surface area (Å²) < 4.78 is 0. The number of halogens is 1. The van der Waals surface area contributed by atoms with Gasteiger partial charge in [0, 0.05) is 6.54 Å². The second-order valence-corrected chi connectivity index (χ2v) is 3.95. The summed E-state index contributed by atoms with van der Waals surface area (Å²) in [7, 11) is 0. The van der Waals surface area contributed by atoms with Crippen LogP contribution in [-0.2, 0) is 0 Å². The van der Waals surface area contributed by atoms with Crippen molar-refractivity contribution in [2.75, 3.05) is 23.8 Å². The van der Waals surface area contributed by atoms with E-state index in [0.29, 0.717) is 10.8 Å². The Hall–Kier alpha value is -1.07. The molecule has 1 saturated heterocycles. The zero-order chi connectivity index (χ0) is 10.8. The molecule has 1 aromatic heterocycles. The number of aliphatic hydroxyl groups excluding tert-OH is 1. The average Bonchev–Trinajstić information content (AvgIpc) is 2.70. The van der Waals surface area contributed by atoms with Gasteiger partial charge in [0.1, 0.15) is 17.2 Å². The quantitative estimate of drug-likeness (QED) is 0.779. The molecule has 5 nitrogen and oxygen atoms in total. The second-order valence-electron chi connectivity index (χ2n) is 3.57.